The summed E-state index contributed by atoms with van der Waals surface area (Å²) in [6, 6.07) is 144. The molecule has 6 heteroatoms. The second-order valence-corrected chi connectivity index (χ2v) is 34.5. The molecule has 18 aromatic carbocycles. The molecule has 0 saturated carbocycles. The Balaban J connectivity index is 0.000000137. The van der Waals surface area contributed by atoms with E-state index < -0.39 is 0 Å². The van der Waals surface area contributed by atoms with E-state index in [1.54, 1.807) is 0 Å². The highest BCUT2D eigenvalue weighted by Crippen LogP contribution is 2.55. The third kappa shape index (κ3) is 10.7. The number of aromatic nitrogens is 2. The van der Waals surface area contributed by atoms with Crippen LogP contribution in [0.5, 0.6) is 0 Å². The van der Waals surface area contributed by atoms with Gasteiger partial charge in [-0.25, -0.2) is 0 Å². The zero-order valence-corrected chi connectivity index (χ0v) is 66.2. The Morgan fingerprint density at radius 3 is 1.16 bits per heavy atom. The summed E-state index contributed by atoms with van der Waals surface area (Å²) in [7, 11) is 0. The third-order valence-electron chi connectivity index (χ3n) is 25.1. The maximum Gasteiger partial charge on any atom is 0.0640 e. The van der Waals surface area contributed by atoms with Crippen LogP contribution in [0.1, 0.15) is 49.9 Å². The van der Waals surface area contributed by atoms with Crippen molar-refractivity contribution in [3.05, 3.63) is 411 Å². The predicted octanol–water partition coefficient (Wildman–Crippen LogP) is 31.5. The first-order valence-corrected chi connectivity index (χ1v) is 41.8. The normalized spacial score (nSPS) is 13.1. The number of anilines is 6. The summed E-state index contributed by atoms with van der Waals surface area (Å²) in [5.74, 6) is 0. The molecule has 0 atom stereocenters. The van der Waals surface area contributed by atoms with Crippen molar-refractivity contribution in [3.8, 4) is 55.9 Å². The van der Waals surface area contributed by atoms with Crippen LogP contribution in [-0.4, -0.2) is 9.13 Å². The summed E-state index contributed by atoms with van der Waals surface area (Å²) in [4.78, 5) is 4.91. The lowest BCUT2D eigenvalue weighted by Crippen LogP contribution is -2.16. The minimum Gasteiger partial charge on any atom is -0.310 e. The number of fused-ring (bicyclic) bond motifs is 20. The fourth-order valence-electron chi connectivity index (χ4n) is 19.4. The first-order valence-electron chi connectivity index (χ1n) is 40.2. The molecule has 22 aromatic rings. The van der Waals surface area contributed by atoms with E-state index in [9.17, 15) is 0 Å². The molecular weight excluding hydrogens is 1440 g/mol. The van der Waals surface area contributed by atoms with Crippen LogP contribution in [0.2, 0.25) is 0 Å². The molecule has 0 unspecified atom stereocenters. The van der Waals surface area contributed by atoms with Crippen molar-refractivity contribution in [3.63, 3.8) is 0 Å². The Kier molecular flexibility index (Phi) is 15.4. The molecular formula is C110H76N4S2. The van der Waals surface area contributed by atoms with E-state index in [1.807, 2.05) is 22.7 Å². The SMILES string of the molecule is CC1(C)c2ccccc2-c2ccc(N(c3ccc(-c4ccc5c(c4)c4ccccc4n5-c4ccc5ccccc5c4)cc3)c3ccc4sc5ccccc5c4c3)cc21.CC1(C)c2ccccc2-c2ccc(N(c3ccc(-c4ccc5c(c4)c4ccccc4n5-c4ccc5ccccc5c4)cc3)c3cccc4c3sc3ccccc34)cc21. The smallest absolute Gasteiger partial charge is 0.0640 e. The molecule has 0 amide bonds. The molecule has 24 rings (SSSR count). The van der Waals surface area contributed by atoms with Crippen molar-refractivity contribution in [2.24, 2.45) is 0 Å². The molecule has 0 radical (unpaired) electrons. The molecule has 116 heavy (non-hydrogen) atoms. The molecule has 2 aliphatic rings. The number of benzene rings is 18. The van der Waals surface area contributed by atoms with Crippen LogP contribution in [0.3, 0.4) is 0 Å². The van der Waals surface area contributed by atoms with Gasteiger partial charge in [0.15, 0.2) is 0 Å². The van der Waals surface area contributed by atoms with E-state index in [1.165, 1.54) is 195 Å². The van der Waals surface area contributed by atoms with Crippen molar-refractivity contribution in [1.82, 2.24) is 9.13 Å². The molecule has 4 heterocycles. The molecule has 0 saturated heterocycles. The van der Waals surface area contributed by atoms with Gasteiger partial charge in [-0.1, -0.05) is 270 Å². The molecule has 0 fully saturated rings. The average molecular weight is 1520 g/mol. The van der Waals surface area contributed by atoms with E-state index >= 15 is 0 Å². The van der Waals surface area contributed by atoms with E-state index in [0.29, 0.717) is 0 Å². The molecule has 548 valence electrons. The second-order valence-electron chi connectivity index (χ2n) is 32.3. The maximum absolute atomic E-state index is 2.47. The van der Waals surface area contributed by atoms with E-state index in [4.69, 9.17) is 0 Å². The Morgan fingerprint density at radius 2 is 0.612 bits per heavy atom. The maximum atomic E-state index is 2.47. The number of nitrogens with zero attached hydrogens (tertiary/aromatic N) is 4. The van der Waals surface area contributed by atoms with Gasteiger partial charge in [-0.2, -0.15) is 0 Å². The minimum absolute atomic E-state index is 0.0962. The summed E-state index contributed by atoms with van der Waals surface area (Å²) in [5.41, 5.74) is 29.6. The van der Waals surface area contributed by atoms with E-state index in [0.717, 1.165) is 22.7 Å². The fraction of sp³-hybridized carbons (Fsp3) is 0.0545. The first kappa shape index (κ1) is 67.8. The van der Waals surface area contributed by atoms with Crippen molar-refractivity contribution in [2.45, 2.75) is 38.5 Å². The molecule has 0 spiro atoms. The Hall–Kier alpha value is -13.9. The molecule has 0 N–H and O–H groups in total. The lowest BCUT2D eigenvalue weighted by molar-refractivity contribution is 0.660. The second kappa shape index (κ2) is 26.4. The molecule has 0 aliphatic heterocycles. The Bertz CT molecular complexity index is 7780. The van der Waals surface area contributed by atoms with Gasteiger partial charge in [0.25, 0.3) is 0 Å². The van der Waals surface area contributed by atoms with Gasteiger partial charge in [0.2, 0.25) is 0 Å². The first-order chi connectivity index (χ1) is 57.0. The lowest BCUT2D eigenvalue weighted by Gasteiger charge is -2.28. The van der Waals surface area contributed by atoms with Gasteiger partial charge < -0.3 is 18.9 Å². The van der Waals surface area contributed by atoms with Crippen LogP contribution in [0.15, 0.2) is 388 Å². The summed E-state index contributed by atoms with van der Waals surface area (Å²) >= 11 is 3.74. The zero-order valence-electron chi connectivity index (χ0n) is 64.6. The van der Waals surface area contributed by atoms with Crippen LogP contribution >= 0.6 is 22.7 Å². The van der Waals surface area contributed by atoms with Gasteiger partial charge in [-0.05, 0) is 234 Å². The zero-order chi connectivity index (χ0) is 77.1. The highest BCUT2D eigenvalue weighted by atomic mass is 32.1. The largest absolute Gasteiger partial charge is 0.310 e. The highest BCUT2D eigenvalue weighted by molar-refractivity contribution is 7.26. The van der Waals surface area contributed by atoms with Crippen LogP contribution in [0.4, 0.5) is 34.1 Å². The van der Waals surface area contributed by atoms with Gasteiger partial charge in [-0.3, -0.25) is 0 Å². The van der Waals surface area contributed by atoms with E-state index in [-0.39, 0.29) is 10.8 Å². The van der Waals surface area contributed by atoms with Crippen LogP contribution in [-0.2, 0) is 10.8 Å². The van der Waals surface area contributed by atoms with Gasteiger partial charge in [0.1, 0.15) is 0 Å². The summed E-state index contributed by atoms with van der Waals surface area (Å²) in [6.07, 6.45) is 0. The van der Waals surface area contributed by atoms with Crippen LogP contribution in [0, 0.1) is 0 Å². The predicted molar refractivity (Wildman–Crippen MR) is 498 cm³/mol. The summed E-state index contributed by atoms with van der Waals surface area (Å²) in [5, 5.41) is 15.2. The number of hydrogen-bond donors (Lipinski definition) is 0. The summed E-state index contributed by atoms with van der Waals surface area (Å²) < 4.78 is 10.0. The minimum atomic E-state index is -0.100. The fourth-order valence-corrected chi connectivity index (χ4v) is 21.7. The van der Waals surface area contributed by atoms with Crippen molar-refractivity contribution >= 4 is 162 Å². The van der Waals surface area contributed by atoms with Crippen molar-refractivity contribution < 1.29 is 0 Å². The van der Waals surface area contributed by atoms with Gasteiger partial charge in [-0.15, -0.1) is 22.7 Å². The number of hydrogen-bond acceptors (Lipinski definition) is 4. The Morgan fingerprint density at radius 1 is 0.224 bits per heavy atom. The van der Waals surface area contributed by atoms with Crippen molar-refractivity contribution in [2.75, 3.05) is 9.80 Å². The van der Waals surface area contributed by atoms with Gasteiger partial charge in [0.05, 0.1) is 32.5 Å². The lowest BCUT2D eigenvalue weighted by atomic mass is 9.82. The van der Waals surface area contributed by atoms with Gasteiger partial charge >= 0.3 is 0 Å². The Labute approximate surface area is 681 Å². The quantitative estimate of drug-likeness (QED) is 0.136. The van der Waals surface area contributed by atoms with Crippen molar-refractivity contribution in [1.29, 1.82) is 0 Å². The van der Waals surface area contributed by atoms with Gasteiger partial charge in [0, 0.05) is 108 Å². The summed E-state index contributed by atoms with van der Waals surface area (Å²) in [6.45, 7) is 9.45. The number of rotatable bonds is 10. The van der Waals surface area contributed by atoms with Crippen LogP contribution in [0.25, 0.3) is 161 Å². The average Bonchev–Trinajstić information content (AvgIpc) is 1.59. The highest BCUT2D eigenvalue weighted by Gasteiger charge is 2.38. The monoisotopic (exact) mass is 1520 g/mol. The standard InChI is InChI=1S/2C55H38N2S/c1-55(2)48-18-8-5-14-42(48)43-30-29-41(34-49(43)55)56(52-20-11-17-46-45-16-7-10-21-53(45)58-54(46)52)39-26-22-36(23-27-39)38-25-31-51-47(33-38)44-15-6-9-19-50(44)57(51)40-28-24-35-12-3-4-13-37(35)32-40;1-55(2)49-16-8-5-13-43(49)44-28-26-42(34-50(44)55)56(41-27-30-54-48(33-41)46-15-7-10-18-53(46)58-54)39-23-19-36(20-24-39)38-22-29-52-47(32-38)45-14-6-9-17-51(45)57(52)40-25-21-35-11-3-4-12-37(35)31-40/h2*3-34H,1-2H3. The third-order valence-corrected chi connectivity index (χ3v) is 27.5. The molecule has 2 aliphatic carbocycles. The van der Waals surface area contributed by atoms with Crippen LogP contribution < -0.4 is 9.80 Å². The number of thiophene rings is 2. The molecule has 0 bridgehead atoms. The molecule has 4 nitrogen and oxygen atoms in total. The number of para-hydroxylation sites is 2. The molecule has 4 aromatic heterocycles. The van der Waals surface area contributed by atoms with E-state index in [2.05, 4.69) is 435 Å². The topological polar surface area (TPSA) is 16.3 Å².